The average molecular weight is 551 g/mol. The number of aromatic nitrogens is 4. The van der Waals surface area contributed by atoms with E-state index in [0.717, 1.165) is 0 Å². The van der Waals surface area contributed by atoms with E-state index in [1.807, 2.05) is 6.92 Å². The molecule has 4 aromatic rings. The van der Waals surface area contributed by atoms with E-state index in [0.29, 0.717) is 28.4 Å². The highest BCUT2D eigenvalue weighted by molar-refractivity contribution is 8.15. The zero-order valence-electron chi connectivity index (χ0n) is 21.1. The molecule has 0 saturated carbocycles. The van der Waals surface area contributed by atoms with Crippen LogP contribution in [0.15, 0.2) is 58.5 Å². The zero-order chi connectivity index (χ0) is 27.6. The molecule has 3 aromatic heterocycles. The Morgan fingerprint density at radius 3 is 2.85 bits per heavy atom. The van der Waals surface area contributed by atoms with E-state index in [1.54, 1.807) is 19.2 Å². The van der Waals surface area contributed by atoms with Crippen LogP contribution in [0, 0.1) is 23.1 Å². The number of nitrogens with zero attached hydrogens (tertiary/aromatic N) is 6. The van der Waals surface area contributed by atoms with Gasteiger partial charge in [-0.1, -0.05) is 18.7 Å². The smallest absolute Gasteiger partial charge is 0.233 e. The molecule has 0 fully saturated rings. The minimum atomic E-state index is -1.61. The van der Waals surface area contributed by atoms with Crippen LogP contribution in [0.1, 0.15) is 31.7 Å². The Morgan fingerprint density at radius 2 is 2.10 bits per heavy atom. The van der Waals surface area contributed by atoms with Gasteiger partial charge in [-0.05, 0) is 31.2 Å². The Bertz CT molecular complexity index is 1580. The summed E-state index contributed by atoms with van der Waals surface area (Å²) in [5, 5.41) is 12.6. The van der Waals surface area contributed by atoms with Gasteiger partial charge >= 0.3 is 0 Å². The summed E-state index contributed by atoms with van der Waals surface area (Å²) >= 11 is 1.21. The van der Waals surface area contributed by atoms with Crippen LogP contribution in [0.5, 0.6) is 5.88 Å². The number of thioether (sulfide) groups is 1. The molecule has 0 amide bonds. The number of nitrogens with two attached hydrogens (primary N) is 1. The number of anilines is 2. The fraction of sp³-hybridized carbons (Fsp3) is 0.308. The second-order valence-corrected chi connectivity index (χ2v) is 10.8. The Labute approximate surface area is 226 Å². The van der Waals surface area contributed by atoms with Crippen molar-refractivity contribution in [2.75, 3.05) is 12.0 Å². The first kappa shape index (κ1) is 26.3. The van der Waals surface area contributed by atoms with Gasteiger partial charge in [-0.3, -0.25) is 0 Å². The number of halogens is 2. The number of nitriles is 1. The number of hydrogen-bond acceptors (Lipinski definition) is 11. The van der Waals surface area contributed by atoms with Crippen LogP contribution in [0.4, 0.5) is 20.3 Å². The standard InChI is InChI=1S/C26H24F2N8O2S/c1-15-25(2,6-7-29)39-24(30)36-26(15,14-27)17-11-16(3-4-18(17)28)34-23-22-19(5-8-32-23)35-20(12-33-22)38-13-21-31-9-10-37-21/h3-5,8-12,15H,6,13-14H2,1-2H3,(H2,30,36)(H,32,34)/t15-,25-,26+/m1/s1. The van der Waals surface area contributed by atoms with E-state index < -0.39 is 28.7 Å². The molecule has 10 nitrogen and oxygen atoms in total. The molecule has 0 saturated heterocycles. The maximum absolute atomic E-state index is 15.3. The number of oxazole rings is 1. The maximum atomic E-state index is 15.3. The third kappa shape index (κ3) is 4.95. The number of pyridine rings is 1. The average Bonchev–Trinajstić information content (AvgIpc) is 3.45. The summed E-state index contributed by atoms with van der Waals surface area (Å²) in [7, 11) is 0. The molecule has 0 bridgehead atoms. The lowest BCUT2D eigenvalue weighted by Crippen LogP contribution is -2.51. The van der Waals surface area contributed by atoms with Crippen LogP contribution in [-0.2, 0) is 12.1 Å². The molecule has 0 unspecified atom stereocenters. The molecule has 5 rings (SSSR count). The van der Waals surface area contributed by atoms with E-state index in [-0.39, 0.29) is 29.6 Å². The fourth-order valence-corrected chi connectivity index (χ4v) is 5.82. The van der Waals surface area contributed by atoms with Crippen molar-refractivity contribution in [2.24, 2.45) is 16.6 Å². The molecule has 0 radical (unpaired) electrons. The van der Waals surface area contributed by atoms with E-state index in [1.165, 1.54) is 48.6 Å². The molecule has 4 heterocycles. The van der Waals surface area contributed by atoms with Gasteiger partial charge in [-0.15, -0.1) is 0 Å². The number of nitrogens with one attached hydrogen (secondary N) is 1. The second kappa shape index (κ2) is 10.5. The van der Waals surface area contributed by atoms with Crippen molar-refractivity contribution in [3.05, 3.63) is 66.4 Å². The Balaban J connectivity index is 1.47. The molecule has 0 spiro atoms. The summed E-state index contributed by atoms with van der Waals surface area (Å²) in [4.78, 5) is 21.6. The van der Waals surface area contributed by atoms with Gasteiger partial charge in [0.05, 0.1) is 30.4 Å². The summed E-state index contributed by atoms with van der Waals surface area (Å²) in [6, 6.07) is 8.06. The summed E-state index contributed by atoms with van der Waals surface area (Å²) in [6.07, 6.45) is 6.05. The minimum Gasteiger partial charge on any atom is -0.467 e. The van der Waals surface area contributed by atoms with Gasteiger partial charge in [0.2, 0.25) is 11.8 Å². The lowest BCUT2D eigenvalue weighted by Gasteiger charge is -2.47. The largest absolute Gasteiger partial charge is 0.467 e. The number of aliphatic imine (C=N–C) groups is 1. The van der Waals surface area contributed by atoms with Gasteiger partial charge in [-0.25, -0.2) is 33.7 Å². The molecule has 3 N–H and O–H groups in total. The van der Waals surface area contributed by atoms with Crippen LogP contribution >= 0.6 is 11.8 Å². The van der Waals surface area contributed by atoms with Gasteiger partial charge < -0.3 is 20.2 Å². The number of alkyl halides is 1. The van der Waals surface area contributed by atoms with Crippen molar-refractivity contribution in [3.63, 3.8) is 0 Å². The summed E-state index contributed by atoms with van der Waals surface area (Å²) in [5.41, 5.74) is 5.89. The molecule has 0 aliphatic carbocycles. The Hall–Kier alpha value is -4.31. The molecule has 13 heteroatoms. The first-order chi connectivity index (χ1) is 18.8. The first-order valence-electron chi connectivity index (χ1n) is 12.0. The topological polar surface area (TPSA) is 148 Å². The lowest BCUT2D eigenvalue weighted by molar-refractivity contribution is 0.184. The number of rotatable bonds is 8. The van der Waals surface area contributed by atoms with E-state index in [2.05, 4.69) is 36.3 Å². The van der Waals surface area contributed by atoms with Crippen LogP contribution in [0.2, 0.25) is 0 Å². The summed E-state index contributed by atoms with van der Waals surface area (Å²) in [6.45, 7) is 2.68. The van der Waals surface area contributed by atoms with Gasteiger partial charge in [0.15, 0.2) is 17.6 Å². The third-order valence-electron chi connectivity index (χ3n) is 6.87. The summed E-state index contributed by atoms with van der Waals surface area (Å²) in [5.74, 6) is -0.154. The number of amidine groups is 1. The Morgan fingerprint density at radius 1 is 1.26 bits per heavy atom. The van der Waals surface area contributed by atoms with Crippen molar-refractivity contribution in [3.8, 4) is 11.9 Å². The van der Waals surface area contributed by atoms with Gasteiger partial charge in [0, 0.05) is 28.1 Å². The molecule has 39 heavy (non-hydrogen) atoms. The molecule has 1 aliphatic heterocycles. The van der Waals surface area contributed by atoms with Crippen molar-refractivity contribution in [2.45, 2.75) is 37.2 Å². The first-order valence-corrected chi connectivity index (χ1v) is 12.8. The summed E-state index contributed by atoms with van der Waals surface area (Å²) < 4.78 is 40.2. The van der Waals surface area contributed by atoms with Crippen LogP contribution in [-0.4, -0.2) is 36.5 Å². The SMILES string of the molecule is C[C@@H]1[C@@](C)(CC#N)SC(N)=N[C@]1(CF)c1cc(Nc2nccc3nc(OCc4ncco4)cnc23)ccc1F. The van der Waals surface area contributed by atoms with Crippen molar-refractivity contribution >= 4 is 39.5 Å². The van der Waals surface area contributed by atoms with Crippen molar-refractivity contribution in [1.29, 1.82) is 5.26 Å². The highest BCUT2D eigenvalue weighted by Crippen LogP contribution is 2.52. The predicted molar refractivity (Wildman–Crippen MR) is 143 cm³/mol. The number of fused-ring (bicyclic) bond motifs is 1. The maximum Gasteiger partial charge on any atom is 0.233 e. The van der Waals surface area contributed by atoms with Crippen LogP contribution in [0.3, 0.4) is 0 Å². The normalized spacial score (nSPS) is 22.7. The highest BCUT2D eigenvalue weighted by Gasteiger charge is 2.53. The minimum absolute atomic E-state index is 0.0310. The molecule has 1 aromatic carbocycles. The van der Waals surface area contributed by atoms with E-state index in [4.69, 9.17) is 14.9 Å². The molecular formula is C26H24F2N8O2S. The molecule has 3 atom stereocenters. The predicted octanol–water partition coefficient (Wildman–Crippen LogP) is 5.01. The van der Waals surface area contributed by atoms with Crippen molar-refractivity contribution in [1.82, 2.24) is 19.9 Å². The number of benzene rings is 1. The van der Waals surface area contributed by atoms with Crippen LogP contribution < -0.4 is 15.8 Å². The lowest BCUT2D eigenvalue weighted by atomic mass is 9.72. The second-order valence-electron chi connectivity index (χ2n) is 9.25. The third-order valence-corrected chi connectivity index (χ3v) is 8.14. The van der Waals surface area contributed by atoms with E-state index in [9.17, 15) is 9.65 Å². The number of ether oxygens (including phenoxy) is 1. The molecule has 200 valence electrons. The number of hydrogen-bond donors (Lipinski definition) is 2. The van der Waals surface area contributed by atoms with E-state index >= 15 is 4.39 Å². The van der Waals surface area contributed by atoms with Crippen molar-refractivity contribution < 1.29 is 17.9 Å². The highest BCUT2D eigenvalue weighted by atomic mass is 32.2. The van der Waals surface area contributed by atoms with Gasteiger partial charge in [-0.2, -0.15) is 5.26 Å². The van der Waals surface area contributed by atoms with Gasteiger partial charge in [0.1, 0.15) is 29.8 Å². The molecule has 1 aliphatic rings. The monoisotopic (exact) mass is 550 g/mol. The van der Waals surface area contributed by atoms with Gasteiger partial charge in [0.25, 0.3) is 0 Å². The zero-order valence-corrected chi connectivity index (χ0v) is 21.9. The molecular weight excluding hydrogens is 526 g/mol. The quantitative estimate of drug-likeness (QED) is 0.307. The van der Waals surface area contributed by atoms with Crippen LogP contribution in [0.25, 0.3) is 11.0 Å². The Kier molecular flexibility index (Phi) is 7.05. The fourth-order valence-electron chi connectivity index (χ4n) is 4.63.